The van der Waals surface area contributed by atoms with Crippen LogP contribution in [0, 0.1) is 0 Å². The highest BCUT2D eigenvalue weighted by Gasteiger charge is 2.31. The van der Waals surface area contributed by atoms with E-state index >= 15 is 0 Å². The van der Waals surface area contributed by atoms with E-state index in [0.717, 1.165) is 25.7 Å². The Kier molecular flexibility index (Phi) is 3.29. The monoisotopic (exact) mass is 210 g/mol. The molecule has 0 aliphatic heterocycles. The second-order valence-electron chi connectivity index (χ2n) is 5.30. The van der Waals surface area contributed by atoms with Gasteiger partial charge < -0.3 is 11.1 Å². The lowest BCUT2D eigenvalue weighted by molar-refractivity contribution is -0.123. The minimum atomic E-state index is -0.202. The highest BCUT2D eigenvalue weighted by atomic mass is 16.1. The predicted molar refractivity (Wildman–Crippen MR) is 60.4 cm³/mol. The molecule has 2 fully saturated rings. The molecule has 2 aliphatic carbocycles. The van der Waals surface area contributed by atoms with Crippen LogP contribution >= 0.6 is 0 Å². The first-order valence-corrected chi connectivity index (χ1v) is 6.26. The molecule has 0 bridgehead atoms. The van der Waals surface area contributed by atoms with Gasteiger partial charge in [0.2, 0.25) is 5.91 Å². The summed E-state index contributed by atoms with van der Waals surface area (Å²) in [5, 5.41) is 3.07. The van der Waals surface area contributed by atoms with Gasteiger partial charge in [0, 0.05) is 18.0 Å². The summed E-state index contributed by atoms with van der Waals surface area (Å²) in [6, 6.07) is 0.449. The van der Waals surface area contributed by atoms with Crippen molar-refractivity contribution in [1.82, 2.24) is 5.32 Å². The van der Waals surface area contributed by atoms with Gasteiger partial charge in [-0.1, -0.05) is 19.3 Å². The maximum Gasteiger partial charge on any atom is 0.222 e. The number of amides is 1. The lowest BCUT2D eigenvalue weighted by Gasteiger charge is -2.34. The third-order valence-electron chi connectivity index (χ3n) is 3.83. The van der Waals surface area contributed by atoms with E-state index < -0.39 is 0 Å². The van der Waals surface area contributed by atoms with Crippen LogP contribution in [0.25, 0.3) is 0 Å². The summed E-state index contributed by atoms with van der Waals surface area (Å²) in [4.78, 5) is 11.7. The normalized spacial score (nSPS) is 25.7. The molecule has 86 valence electrons. The van der Waals surface area contributed by atoms with Gasteiger partial charge in [-0.2, -0.15) is 0 Å². The summed E-state index contributed by atoms with van der Waals surface area (Å²) in [6.45, 7) is 0. The first-order valence-electron chi connectivity index (χ1n) is 6.26. The Balaban J connectivity index is 1.75. The second kappa shape index (κ2) is 4.52. The van der Waals surface area contributed by atoms with E-state index in [1.54, 1.807) is 0 Å². The average molecular weight is 210 g/mol. The molecular weight excluding hydrogens is 188 g/mol. The van der Waals surface area contributed by atoms with E-state index in [2.05, 4.69) is 5.32 Å². The van der Waals surface area contributed by atoms with Gasteiger partial charge in [0.15, 0.2) is 0 Å². The fourth-order valence-electron chi connectivity index (χ4n) is 2.58. The molecule has 2 aliphatic rings. The summed E-state index contributed by atoms with van der Waals surface area (Å²) in [5.41, 5.74) is 6.03. The third kappa shape index (κ3) is 2.94. The average Bonchev–Trinajstić information content (AvgIpc) is 2.12. The Labute approximate surface area is 91.8 Å². The quantitative estimate of drug-likeness (QED) is 0.745. The van der Waals surface area contributed by atoms with E-state index in [1.807, 2.05) is 0 Å². The Morgan fingerprint density at radius 2 is 1.87 bits per heavy atom. The first kappa shape index (κ1) is 10.9. The van der Waals surface area contributed by atoms with Crippen LogP contribution in [0.5, 0.6) is 0 Å². The highest BCUT2D eigenvalue weighted by molar-refractivity contribution is 5.77. The molecule has 3 heteroatoms. The van der Waals surface area contributed by atoms with Crippen molar-refractivity contribution in [3.8, 4) is 0 Å². The van der Waals surface area contributed by atoms with E-state index in [-0.39, 0.29) is 11.4 Å². The van der Waals surface area contributed by atoms with Gasteiger partial charge in [0.25, 0.3) is 0 Å². The largest absolute Gasteiger partial charge is 0.353 e. The van der Waals surface area contributed by atoms with Gasteiger partial charge in [-0.3, -0.25) is 4.79 Å². The predicted octanol–water partition coefficient (Wildman–Crippen LogP) is 1.71. The van der Waals surface area contributed by atoms with Crippen LogP contribution in [-0.2, 0) is 4.79 Å². The molecule has 15 heavy (non-hydrogen) atoms. The molecule has 0 aromatic heterocycles. The van der Waals surface area contributed by atoms with E-state index in [1.165, 1.54) is 25.7 Å². The van der Waals surface area contributed by atoms with Crippen molar-refractivity contribution in [1.29, 1.82) is 0 Å². The number of rotatable bonds is 3. The van der Waals surface area contributed by atoms with Gasteiger partial charge in [-0.25, -0.2) is 0 Å². The summed E-state index contributed by atoms with van der Waals surface area (Å²) in [6.07, 6.45) is 9.80. The number of hydrogen-bond acceptors (Lipinski definition) is 2. The molecule has 3 nitrogen and oxygen atoms in total. The molecule has 0 heterocycles. The second-order valence-corrected chi connectivity index (χ2v) is 5.30. The molecule has 3 N–H and O–H groups in total. The van der Waals surface area contributed by atoms with Crippen LogP contribution in [-0.4, -0.2) is 17.5 Å². The number of carbonyl (C=O) groups is 1. The first-order chi connectivity index (χ1) is 7.18. The number of nitrogens with two attached hydrogens (primary N) is 1. The fourth-order valence-corrected chi connectivity index (χ4v) is 2.58. The third-order valence-corrected chi connectivity index (χ3v) is 3.83. The van der Waals surface area contributed by atoms with Gasteiger partial charge in [-0.15, -0.1) is 0 Å². The number of nitrogens with one attached hydrogen (secondary N) is 1. The minimum Gasteiger partial charge on any atom is -0.353 e. The van der Waals surface area contributed by atoms with Crippen molar-refractivity contribution < 1.29 is 4.79 Å². The minimum absolute atomic E-state index is 0.170. The summed E-state index contributed by atoms with van der Waals surface area (Å²) >= 11 is 0. The lowest BCUT2D eigenvalue weighted by Crippen LogP contribution is -2.48. The van der Waals surface area contributed by atoms with Crippen LogP contribution in [0.2, 0.25) is 0 Å². The van der Waals surface area contributed by atoms with Crippen molar-refractivity contribution >= 4 is 5.91 Å². The maximum absolute atomic E-state index is 11.7. The SMILES string of the molecule is NC1(CC(=O)NC2CCC2)CCCCC1. The fraction of sp³-hybridized carbons (Fsp3) is 0.917. The molecule has 0 spiro atoms. The zero-order chi connectivity index (χ0) is 10.7. The van der Waals surface area contributed by atoms with Crippen molar-refractivity contribution in [2.24, 2.45) is 5.73 Å². The van der Waals surface area contributed by atoms with Crippen molar-refractivity contribution in [2.75, 3.05) is 0 Å². The molecule has 0 saturated heterocycles. The summed E-state index contributed by atoms with van der Waals surface area (Å²) in [5.74, 6) is 0.170. The Morgan fingerprint density at radius 1 is 1.20 bits per heavy atom. The van der Waals surface area contributed by atoms with Crippen LogP contribution in [0.4, 0.5) is 0 Å². The molecule has 0 aromatic rings. The van der Waals surface area contributed by atoms with Gasteiger partial charge in [0.1, 0.15) is 0 Å². The van der Waals surface area contributed by atoms with Crippen LogP contribution in [0.3, 0.4) is 0 Å². The van der Waals surface area contributed by atoms with Crippen LogP contribution < -0.4 is 11.1 Å². The topological polar surface area (TPSA) is 55.1 Å². The molecule has 0 atom stereocenters. The van der Waals surface area contributed by atoms with Crippen LogP contribution in [0.15, 0.2) is 0 Å². The Morgan fingerprint density at radius 3 is 2.40 bits per heavy atom. The standard InChI is InChI=1S/C12H22N2O/c13-12(7-2-1-3-8-12)9-11(15)14-10-5-4-6-10/h10H,1-9,13H2,(H,14,15). The molecule has 2 rings (SSSR count). The molecule has 2 saturated carbocycles. The van der Waals surface area contributed by atoms with Crippen LogP contribution in [0.1, 0.15) is 57.8 Å². The van der Waals surface area contributed by atoms with Gasteiger partial charge in [0.05, 0.1) is 0 Å². The highest BCUT2D eigenvalue weighted by Crippen LogP contribution is 2.29. The zero-order valence-corrected chi connectivity index (χ0v) is 9.43. The molecule has 0 unspecified atom stereocenters. The van der Waals surface area contributed by atoms with Gasteiger partial charge >= 0.3 is 0 Å². The van der Waals surface area contributed by atoms with Crippen molar-refractivity contribution in [3.05, 3.63) is 0 Å². The molecule has 0 radical (unpaired) electrons. The Bertz CT molecular complexity index is 230. The summed E-state index contributed by atoms with van der Waals surface area (Å²) in [7, 11) is 0. The number of hydrogen-bond donors (Lipinski definition) is 2. The smallest absolute Gasteiger partial charge is 0.222 e. The van der Waals surface area contributed by atoms with E-state index in [4.69, 9.17) is 5.73 Å². The van der Waals surface area contributed by atoms with Crippen molar-refractivity contribution in [2.45, 2.75) is 69.4 Å². The molecular formula is C12H22N2O. The van der Waals surface area contributed by atoms with Crippen molar-refractivity contribution in [3.63, 3.8) is 0 Å². The van der Waals surface area contributed by atoms with E-state index in [9.17, 15) is 4.79 Å². The lowest BCUT2D eigenvalue weighted by atomic mass is 9.80. The summed E-state index contributed by atoms with van der Waals surface area (Å²) < 4.78 is 0. The Hall–Kier alpha value is -0.570. The maximum atomic E-state index is 11.7. The van der Waals surface area contributed by atoms with E-state index in [0.29, 0.717) is 12.5 Å². The number of carbonyl (C=O) groups excluding carboxylic acids is 1. The zero-order valence-electron chi connectivity index (χ0n) is 9.43. The molecule has 1 amide bonds. The molecule has 0 aromatic carbocycles. The van der Waals surface area contributed by atoms with Gasteiger partial charge in [-0.05, 0) is 32.1 Å².